The average Bonchev–Trinajstić information content (AvgIpc) is 3.07. The molecule has 6 nitrogen and oxygen atoms in total. The second-order valence-corrected chi connectivity index (χ2v) is 9.63. The van der Waals surface area contributed by atoms with Crippen LogP contribution in [-0.2, 0) is 20.3 Å². The van der Waals surface area contributed by atoms with Crippen molar-refractivity contribution in [3.8, 4) is 0 Å². The lowest BCUT2D eigenvalue weighted by Gasteiger charge is -2.37. The molecule has 8 heteroatoms. The van der Waals surface area contributed by atoms with Crippen molar-refractivity contribution in [2.24, 2.45) is 4.99 Å². The van der Waals surface area contributed by atoms with Gasteiger partial charge in [-0.1, -0.05) is 0 Å². The zero-order chi connectivity index (χ0) is 17.6. The number of nitrogens with one attached hydrogen (secondary N) is 1. The standard InChI is InChI=1S/C17H33N3O3S.HI/c1-5-18-16(19-8-12-24(21)17(2,3)4)20-9-11-23-15(13-20)14-7-6-10-22-14;/h14-15H,5-13H2,1-4H3,(H,18,19);1H. The number of morpholine rings is 1. The number of hydrogen-bond donors (Lipinski definition) is 1. The summed E-state index contributed by atoms with van der Waals surface area (Å²) in [5.74, 6) is 1.49. The molecular formula is C17H34IN3O3S. The Hall–Kier alpha value is 0.0700. The summed E-state index contributed by atoms with van der Waals surface area (Å²) in [6.45, 7) is 12.7. The summed E-state index contributed by atoms with van der Waals surface area (Å²) in [5, 5.41) is 3.36. The molecule has 0 bridgehead atoms. The van der Waals surface area contributed by atoms with Crippen molar-refractivity contribution in [1.29, 1.82) is 0 Å². The molecule has 0 amide bonds. The number of halogens is 1. The summed E-state index contributed by atoms with van der Waals surface area (Å²) < 4.78 is 23.7. The van der Waals surface area contributed by atoms with Gasteiger partial charge in [0.2, 0.25) is 0 Å². The Morgan fingerprint density at radius 1 is 1.28 bits per heavy atom. The van der Waals surface area contributed by atoms with Gasteiger partial charge >= 0.3 is 0 Å². The average molecular weight is 487 g/mol. The summed E-state index contributed by atoms with van der Waals surface area (Å²) in [7, 11) is -0.870. The van der Waals surface area contributed by atoms with E-state index in [1.807, 2.05) is 20.8 Å². The molecule has 1 N–H and O–H groups in total. The van der Waals surface area contributed by atoms with Crippen molar-refractivity contribution in [3.05, 3.63) is 0 Å². The van der Waals surface area contributed by atoms with Gasteiger partial charge in [0.25, 0.3) is 0 Å². The fraction of sp³-hybridized carbons (Fsp3) is 0.941. The number of nitrogens with zero attached hydrogens (tertiary/aromatic N) is 2. The molecule has 2 rings (SSSR count). The van der Waals surface area contributed by atoms with E-state index in [9.17, 15) is 4.21 Å². The molecule has 0 radical (unpaired) electrons. The van der Waals surface area contributed by atoms with Crippen LogP contribution in [0.25, 0.3) is 0 Å². The zero-order valence-corrected chi connectivity index (χ0v) is 19.1. The van der Waals surface area contributed by atoms with E-state index in [1.165, 1.54) is 0 Å². The number of hydrogen-bond acceptors (Lipinski definition) is 4. The predicted octanol–water partition coefficient (Wildman–Crippen LogP) is 2.00. The fourth-order valence-electron chi connectivity index (χ4n) is 2.95. The first kappa shape index (κ1) is 23.1. The quantitative estimate of drug-likeness (QED) is 0.365. The minimum Gasteiger partial charge on any atom is -0.375 e. The van der Waals surface area contributed by atoms with Crippen LogP contribution in [0.5, 0.6) is 0 Å². The SMILES string of the molecule is CCNC(=NCCS(=O)C(C)(C)C)N1CCOC(C2CCCO2)C1.I. The van der Waals surface area contributed by atoms with Crippen LogP contribution in [0, 0.1) is 0 Å². The van der Waals surface area contributed by atoms with Crippen LogP contribution in [-0.4, -0.2) is 77.2 Å². The summed E-state index contributed by atoms with van der Waals surface area (Å²) in [6.07, 6.45) is 2.53. The second-order valence-electron chi connectivity index (χ2n) is 7.30. The first-order chi connectivity index (χ1) is 11.4. The third kappa shape index (κ3) is 7.30. The molecule has 25 heavy (non-hydrogen) atoms. The van der Waals surface area contributed by atoms with Crippen molar-refractivity contribution >= 4 is 40.7 Å². The monoisotopic (exact) mass is 487 g/mol. The summed E-state index contributed by atoms with van der Waals surface area (Å²) >= 11 is 0. The largest absolute Gasteiger partial charge is 0.375 e. The van der Waals surface area contributed by atoms with Crippen LogP contribution in [0.15, 0.2) is 4.99 Å². The van der Waals surface area contributed by atoms with Gasteiger partial charge in [-0.25, -0.2) is 0 Å². The van der Waals surface area contributed by atoms with Gasteiger partial charge in [0.15, 0.2) is 5.96 Å². The molecule has 3 unspecified atom stereocenters. The lowest BCUT2D eigenvalue weighted by atomic mass is 10.1. The Kier molecular flexibility index (Phi) is 10.2. The third-order valence-electron chi connectivity index (χ3n) is 4.33. The molecule has 2 fully saturated rings. The van der Waals surface area contributed by atoms with E-state index in [-0.39, 0.29) is 40.9 Å². The summed E-state index contributed by atoms with van der Waals surface area (Å²) in [4.78, 5) is 6.94. The van der Waals surface area contributed by atoms with Crippen molar-refractivity contribution in [3.63, 3.8) is 0 Å². The molecule has 0 aromatic rings. The molecule has 0 aliphatic carbocycles. The van der Waals surface area contributed by atoms with Gasteiger partial charge in [-0.3, -0.25) is 9.20 Å². The molecule has 2 aliphatic rings. The molecule has 0 spiro atoms. The first-order valence-corrected chi connectivity index (χ1v) is 10.4. The maximum Gasteiger partial charge on any atom is 0.194 e. The van der Waals surface area contributed by atoms with E-state index in [0.717, 1.165) is 45.0 Å². The first-order valence-electron chi connectivity index (χ1n) is 9.06. The van der Waals surface area contributed by atoms with E-state index in [1.54, 1.807) is 0 Å². The maximum atomic E-state index is 12.2. The zero-order valence-electron chi connectivity index (χ0n) is 16.0. The van der Waals surface area contributed by atoms with E-state index >= 15 is 0 Å². The minimum atomic E-state index is -0.870. The van der Waals surface area contributed by atoms with Crippen molar-refractivity contribution in [1.82, 2.24) is 10.2 Å². The molecule has 0 saturated carbocycles. The van der Waals surface area contributed by atoms with Crippen molar-refractivity contribution in [2.45, 2.75) is 57.5 Å². The van der Waals surface area contributed by atoms with Crippen LogP contribution < -0.4 is 5.32 Å². The van der Waals surface area contributed by atoms with Crippen LogP contribution in [0.2, 0.25) is 0 Å². The van der Waals surface area contributed by atoms with Gasteiger partial charge in [0, 0.05) is 47.5 Å². The summed E-state index contributed by atoms with van der Waals surface area (Å²) in [6, 6.07) is 0. The minimum absolute atomic E-state index is 0. The Bertz CT molecular complexity index is 451. The highest BCUT2D eigenvalue weighted by Crippen LogP contribution is 2.21. The third-order valence-corrected chi connectivity index (χ3v) is 6.25. The normalized spacial score (nSPS) is 26.2. The number of aliphatic imine (C=N–C) groups is 1. The Balaban J connectivity index is 0.00000312. The van der Waals surface area contributed by atoms with Crippen molar-refractivity contribution < 1.29 is 13.7 Å². The Labute approximate surface area is 172 Å². The molecule has 2 aliphatic heterocycles. The molecule has 3 atom stereocenters. The van der Waals surface area contributed by atoms with E-state index < -0.39 is 10.8 Å². The van der Waals surface area contributed by atoms with Crippen LogP contribution in [0.4, 0.5) is 0 Å². The molecule has 0 aromatic heterocycles. The van der Waals surface area contributed by atoms with E-state index in [2.05, 4.69) is 17.1 Å². The highest BCUT2D eigenvalue weighted by molar-refractivity contribution is 14.0. The molecule has 2 heterocycles. The maximum absolute atomic E-state index is 12.2. The predicted molar refractivity (Wildman–Crippen MR) is 114 cm³/mol. The molecule has 2 saturated heterocycles. The number of guanidine groups is 1. The second kappa shape index (κ2) is 11.0. The van der Waals surface area contributed by atoms with Crippen molar-refractivity contribution in [2.75, 3.05) is 45.1 Å². The van der Waals surface area contributed by atoms with Gasteiger partial charge in [0.1, 0.15) is 6.10 Å². The Morgan fingerprint density at radius 3 is 2.60 bits per heavy atom. The topological polar surface area (TPSA) is 63.2 Å². The lowest BCUT2D eigenvalue weighted by molar-refractivity contribution is -0.0816. The number of rotatable bonds is 5. The highest BCUT2D eigenvalue weighted by atomic mass is 127. The van der Waals surface area contributed by atoms with Crippen LogP contribution in [0.1, 0.15) is 40.5 Å². The lowest BCUT2D eigenvalue weighted by Crippen LogP contribution is -2.53. The Morgan fingerprint density at radius 2 is 2.00 bits per heavy atom. The number of ether oxygens (including phenoxy) is 2. The highest BCUT2D eigenvalue weighted by Gasteiger charge is 2.32. The molecule has 148 valence electrons. The molecular weight excluding hydrogens is 453 g/mol. The molecule has 0 aromatic carbocycles. The fourth-order valence-corrected chi connectivity index (χ4v) is 3.82. The van der Waals surface area contributed by atoms with Gasteiger partial charge in [0.05, 0.1) is 19.3 Å². The van der Waals surface area contributed by atoms with Gasteiger partial charge in [-0.15, -0.1) is 24.0 Å². The van der Waals surface area contributed by atoms with Gasteiger partial charge in [-0.2, -0.15) is 0 Å². The van der Waals surface area contributed by atoms with E-state index in [4.69, 9.17) is 14.5 Å². The van der Waals surface area contributed by atoms with Crippen LogP contribution >= 0.6 is 24.0 Å². The van der Waals surface area contributed by atoms with E-state index in [0.29, 0.717) is 18.9 Å². The summed E-state index contributed by atoms with van der Waals surface area (Å²) in [5.41, 5.74) is 0. The van der Waals surface area contributed by atoms with Gasteiger partial charge < -0.3 is 19.7 Å². The van der Waals surface area contributed by atoms with Crippen LogP contribution in [0.3, 0.4) is 0 Å². The van der Waals surface area contributed by atoms with Gasteiger partial charge in [-0.05, 0) is 40.5 Å². The smallest absolute Gasteiger partial charge is 0.194 e.